The van der Waals surface area contributed by atoms with Crippen molar-refractivity contribution in [2.45, 2.75) is 25.9 Å². The van der Waals surface area contributed by atoms with E-state index in [1.807, 2.05) is 35.7 Å². The summed E-state index contributed by atoms with van der Waals surface area (Å²) in [4.78, 5) is 38.7. The van der Waals surface area contributed by atoms with Crippen molar-refractivity contribution in [1.29, 1.82) is 0 Å². The molecule has 0 unspecified atom stereocenters. The van der Waals surface area contributed by atoms with E-state index in [1.54, 1.807) is 11.1 Å². The first-order valence-electron chi connectivity index (χ1n) is 9.49. The van der Waals surface area contributed by atoms with Crippen molar-refractivity contribution in [3.05, 3.63) is 63.3 Å². The zero-order chi connectivity index (χ0) is 19.4. The third-order valence-corrected chi connectivity index (χ3v) is 5.73. The van der Waals surface area contributed by atoms with E-state index in [2.05, 4.69) is 16.0 Å². The number of pyridine rings is 1. The van der Waals surface area contributed by atoms with Crippen LogP contribution in [0.2, 0.25) is 0 Å². The topological polar surface area (TPSA) is 71.3 Å². The summed E-state index contributed by atoms with van der Waals surface area (Å²) in [5.74, 6) is 0.673. The normalized spacial score (nSPS) is 15.0. The monoisotopic (exact) mass is 375 g/mol. The first-order valence-corrected chi connectivity index (χ1v) is 9.49. The van der Waals surface area contributed by atoms with Gasteiger partial charge in [0.25, 0.3) is 5.91 Å². The molecule has 7 nitrogen and oxygen atoms in total. The van der Waals surface area contributed by atoms with Crippen molar-refractivity contribution in [3.8, 4) is 0 Å². The minimum Gasteiger partial charge on any atom is -0.362 e. The summed E-state index contributed by atoms with van der Waals surface area (Å²) in [5, 5.41) is 0.635. The van der Waals surface area contributed by atoms with Crippen molar-refractivity contribution < 1.29 is 4.79 Å². The van der Waals surface area contributed by atoms with Gasteiger partial charge in [0.2, 0.25) is 5.43 Å². The quantitative estimate of drug-likeness (QED) is 0.681. The molecule has 0 aliphatic carbocycles. The maximum absolute atomic E-state index is 13.2. The largest absolute Gasteiger partial charge is 0.362 e. The van der Waals surface area contributed by atoms with Gasteiger partial charge < -0.3 is 14.4 Å². The Hall–Kier alpha value is -3.22. The lowest BCUT2D eigenvalue weighted by molar-refractivity contribution is 0.0730. The van der Waals surface area contributed by atoms with Crippen LogP contribution in [0.3, 0.4) is 0 Å². The van der Waals surface area contributed by atoms with E-state index in [1.165, 1.54) is 11.9 Å². The van der Waals surface area contributed by atoms with Crippen LogP contribution >= 0.6 is 0 Å². The Morgan fingerprint density at radius 3 is 2.82 bits per heavy atom. The molecule has 5 rings (SSSR count). The number of carbonyl (C=O) groups is 1. The Bertz CT molecular complexity index is 1180. The molecule has 0 spiro atoms. The highest BCUT2D eigenvalue weighted by Crippen LogP contribution is 2.27. The summed E-state index contributed by atoms with van der Waals surface area (Å²) < 4.78 is 2.05. The number of para-hydroxylation sites is 1. The number of benzene rings is 1. The van der Waals surface area contributed by atoms with E-state index < -0.39 is 0 Å². The van der Waals surface area contributed by atoms with Crippen LogP contribution in [0, 0.1) is 0 Å². The average Bonchev–Trinajstić information content (AvgIpc) is 3.13. The van der Waals surface area contributed by atoms with E-state index in [4.69, 9.17) is 0 Å². The van der Waals surface area contributed by atoms with Crippen molar-refractivity contribution in [3.63, 3.8) is 0 Å². The summed E-state index contributed by atoms with van der Waals surface area (Å²) in [5.41, 5.74) is 4.14. The molecule has 0 N–H and O–H groups in total. The molecule has 2 aliphatic heterocycles. The van der Waals surface area contributed by atoms with Gasteiger partial charge in [-0.15, -0.1) is 0 Å². The Kier molecular flexibility index (Phi) is 3.72. The fourth-order valence-electron chi connectivity index (χ4n) is 4.38. The third kappa shape index (κ3) is 2.42. The molecule has 2 aliphatic rings. The van der Waals surface area contributed by atoms with Gasteiger partial charge in [0.1, 0.15) is 17.7 Å². The predicted octanol–water partition coefficient (Wildman–Crippen LogP) is 1.61. The number of aryl methyl sites for hydroxylation is 2. The van der Waals surface area contributed by atoms with Crippen molar-refractivity contribution in [2.75, 3.05) is 25.5 Å². The molecule has 0 radical (unpaired) electrons. The first-order chi connectivity index (χ1) is 13.5. The highest BCUT2D eigenvalue weighted by atomic mass is 16.2. The lowest BCUT2D eigenvalue weighted by Gasteiger charge is -2.30. The number of anilines is 1. The second kappa shape index (κ2) is 6.15. The van der Waals surface area contributed by atoms with Gasteiger partial charge in [-0.05, 0) is 24.5 Å². The van der Waals surface area contributed by atoms with Crippen LogP contribution in [0.25, 0.3) is 10.9 Å². The number of hydrogen-bond donors (Lipinski definition) is 0. The molecule has 4 heterocycles. The molecule has 1 aromatic carbocycles. The lowest BCUT2D eigenvalue weighted by Crippen LogP contribution is -2.39. The maximum atomic E-state index is 13.2. The van der Waals surface area contributed by atoms with E-state index >= 15 is 0 Å². The van der Waals surface area contributed by atoms with Gasteiger partial charge in [-0.3, -0.25) is 9.59 Å². The predicted molar refractivity (Wildman–Crippen MR) is 107 cm³/mol. The first kappa shape index (κ1) is 16.9. The standard InChI is InChI=1S/C21H21N5O2/c1-24(2)20-14-7-9-26(11-17(14)22-12-23-20)21(28)16-10-25-8-6-13-4-3-5-15(18(13)25)19(16)27/h3-5,10,12H,6-9,11H2,1-2H3. The minimum atomic E-state index is -0.219. The van der Waals surface area contributed by atoms with Gasteiger partial charge >= 0.3 is 0 Å². The summed E-state index contributed by atoms with van der Waals surface area (Å²) in [6, 6.07) is 5.78. The number of carbonyl (C=O) groups excluding carboxylic acids is 1. The molecule has 0 fully saturated rings. The Labute approximate surface area is 162 Å². The lowest BCUT2D eigenvalue weighted by atomic mass is 10.0. The van der Waals surface area contributed by atoms with E-state index in [0.29, 0.717) is 24.9 Å². The molecule has 142 valence electrons. The van der Waals surface area contributed by atoms with Gasteiger partial charge in [0, 0.05) is 44.3 Å². The number of hydrogen-bond acceptors (Lipinski definition) is 5. The molecule has 7 heteroatoms. The van der Waals surface area contributed by atoms with Crippen molar-refractivity contribution in [1.82, 2.24) is 19.4 Å². The summed E-state index contributed by atoms with van der Waals surface area (Å²) in [6.07, 6.45) is 4.86. The number of amides is 1. The second-order valence-electron chi connectivity index (χ2n) is 7.62. The highest BCUT2D eigenvalue weighted by Gasteiger charge is 2.28. The molecule has 28 heavy (non-hydrogen) atoms. The van der Waals surface area contributed by atoms with Gasteiger partial charge in [0.05, 0.1) is 17.8 Å². The van der Waals surface area contributed by atoms with E-state index in [0.717, 1.165) is 35.6 Å². The highest BCUT2D eigenvalue weighted by molar-refractivity contribution is 5.98. The second-order valence-corrected chi connectivity index (χ2v) is 7.62. The van der Waals surface area contributed by atoms with E-state index in [9.17, 15) is 9.59 Å². The van der Waals surface area contributed by atoms with Crippen LogP contribution in [0.5, 0.6) is 0 Å². The van der Waals surface area contributed by atoms with Crippen LogP contribution in [0.1, 0.15) is 27.2 Å². The number of rotatable bonds is 2. The molecule has 0 atom stereocenters. The van der Waals surface area contributed by atoms with Gasteiger partial charge in [-0.2, -0.15) is 0 Å². The molecule has 0 saturated heterocycles. The minimum absolute atomic E-state index is 0.178. The molecular formula is C21H21N5O2. The fraction of sp³-hybridized carbons (Fsp3) is 0.333. The Morgan fingerprint density at radius 2 is 2.00 bits per heavy atom. The molecule has 0 saturated carbocycles. The molecule has 1 amide bonds. The van der Waals surface area contributed by atoms with Crippen LogP contribution in [0.4, 0.5) is 5.82 Å². The van der Waals surface area contributed by atoms with Gasteiger partial charge in [0.15, 0.2) is 0 Å². The summed E-state index contributed by atoms with van der Waals surface area (Å²) >= 11 is 0. The molecule has 0 bridgehead atoms. The van der Waals surface area contributed by atoms with Crippen LogP contribution in [-0.2, 0) is 25.9 Å². The Balaban J connectivity index is 1.53. The zero-order valence-corrected chi connectivity index (χ0v) is 16.0. The van der Waals surface area contributed by atoms with Crippen LogP contribution in [-0.4, -0.2) is 46.0 Å². The Morgan fingerprint density at radius 1 is 1.14 bits per heavy atom. The number of aromatic nitrogens is 3. The molecule has 2 aromatic heterocycles. The average molecular weight is 375 g/mol. The zero-order valence-electron chi connectivity index (χ0n) is 16.0. The van der Waals surface area contributed by atoms with Crippen molar-refractivity contribution >= 4 is 22.6 Å². The van der Waals surface area contributed by atoms with Crippen molar-refractivity contribution in [2.24, 2.45) is 0 Å². The fourth-order valence-corrected chi connectivity index (χ4v) is 4.38. The molecule has 3 aromatic rings. The smallest absolute Gasteiger partial charge is 0.259 e. The SMILES string of the molecule is CN(C)c1ncnc2c1CCN(C(=O)c1cn3c4c(cccc4c1=O)CC3)C2. The summed E-state index contributed by atoms with van der Waals surface area (Å²) in [7, 11) is 3.90. The summed E-state index contributed by atoms with van der Waals surface area (Å²) in [6.45, 7) is 1.76. The number of fused-ring (bicyclic) bond motifs is 1. The van der Waals surface area contributed by atoms with Gasteiger partial charge in [-0.25, -0.2) is 9.97 Å². The van der Waals surface area contributed by atoms with E-state index in [-0.39, 0.29) is 16.9 Å². The van der Waals surface area contributed by atoms with Crippen LogP contribution in [0.15, 0.2) is 35.5 Å². The van der Waals surface area contributed by atoms with Crippen LogP contribution < -0.4 is 10.3 Å². The third-order valence-electron chi connectivity index (χ3n) is 5.73. The molecular weight excluding hydrogens is 354 g/mol. The van der Waals surface area contributed by atoms with Gasteiger partial charge in [-0.1, -0.05) is 12.1 Å². The maximum Gasteiger partial charge on any atom is 0.259 e. The number of nitrogens with zero attached hydrogens (tertiary/aromatic N) is 5.